The zero-order valence-electron chi connectivity index (χ0n) is 13.4. The smallest absolute Gasteiger partial charge is 0.0657 e. The van der Waals surface area contributed by atoms with Gasteiger partial charge in [-0.3, -0.25) is 0 Å². The minimum absolute atomic E-state index is 0.462. The molecule has 0 unspecified atom stereocenters. The average molecular weight is 283 g/mol. The lowest BCUT2D eigenvalue weighted by molar-refractivity contribution is 0.448. The van der Waals surface area contributed by atoms with Crippen molar-refractivity contribution in [3.63, 3.8) is 0 Å². The Morgan fingerprint density at radius 3 is 2.19 bits per heavy atom. The quantitative estimate of drug-likeness (QED) is 0.925. The fourth-order valence-electron chi connectivity index (χ4n) is 2.73. The molecule has 1 aliphatic rings. The fraction of sp³-hybridized carbons (Fsp3) is 0.500. The van der Waals surface area contributed by atoms with Crippen molar-refractivity contribution in [3.8, 4) is 5.69 Å². The Kier molecular flexibility index (Phi) is 3.85. The highest BCUT2D eigenvalue weighted by Gasteiger charge is 2.19. The van der Waals surface area contributed by atoms with Crippen LogP contribution in [-0.4, -0.2) is 22.9 Å². The molecule has 1 saturated heterocycles. The Morgan fingerprint density at radius 1 is 1.05 bits per heavy atom. The van der Waals surface area contributed by atoms with Crippen LogP contribution in [0.1, 0.15) is 62.4 Å². The van der Waals surface area contributed by atoms with Crippen molar-refractivity contribution in [2.75, 3.05) is 13.1 Å². The summed E-state index contributed by atoms with van der Waals surface area (Å²) in [6.45, 7) is 11.1. The molecule has 0 radical (unpaired) electrons. The Hall–Kier alpha value is -1.61. The molecule has 0 amide bonds. The first-order chi connectivity index (χ1) is 10.1. The molecule has 1 N–H and O–H groups in total. The summed E-state index contributed by atoms with van der Waals surface area (Å²) < 4.78 is 2.11. The second-order valence-corrected chi connectivity index (χ2v) is 6.66. The summed E-state index contributed by atoms with van der Waals surface area (Å²) in [6, 6.07) is 11.2. The van der Waals surface area contributed by atoms with Crippen LogP contribution in [0.4, 0.5) is 0 Å². The van der Waals surface area contributed by atoms with Gasteiger partial charge >= 0.3 is 0 Å². The van der Waals surface area contributed by atoms with E-state index in [4.69, 9.17) is 5.10 Å². The minimum atomic E-state index is 0.462. The van der Waals surface area contributed by atoms with E-state index in [1.807, 2.05) is 0 Å². The van der Waals surface area contributed by atoms with Gasteiger partial charge in [0.15, 0.2) is 0 Å². The van der Waals surface area contributed by atoms with Crippen LogP contribution in [0.3, 0.4) is 0 Å². The van der Waals surface area contributed by atoms with E-state index in [1.54, 1.807) is 0 Å². The molecular formula is C18H25N3. The molecule has 3 rings (SSSR count). The SMILES string of the molecule is CC(C)c1cc(C(C)C)n(-c2ccc(C3CNC3)cc2)n1. The summed E-state index contributed by atoms with van der Waals surface area (Å²) >= 11 is 0. The summed E-state index contributed by atoms with van der Waals surface area (Å²) in [6.07, 6.45) is 0. The number of aromatic nitrogens is 2. The molecule has 0 atom stereocenters. The molecule has 2 heterocycles. The van der Waals surface area contributed by atoms with Crippen LogP contribution in [0.2, 0.25) is 0 Å². The number of nitrogens with one attached hydrogen (secondary N) is 1. The van der Waals surface area contributed by atoms with Crippen molar-refractivity contribution < 1.29 is 0 Å². The number of hydrogen-bond acceptors (Lipinski definition) is 2. The van der Waals surface area contributed by atoms with E-state index < -0.39 is 0 Å². The molecule has 2 aromatic rings. The monoisotopic (exact) mass is 283 g/mol. The fourth-order valence-corrected chi connectivity index (χ4v) is 2.73. The summed E-state index contributed by atoms with van der Waals surface area (Å²) in [5.74, 6) is 1.62. The summed E-state index contributed by atoms with van der Waals surface area (Å²) in [5, 5.41) is 8.14. The summed E-state index contributed by atoms with van der Waals surface area (Å²) in [4.78, 5) is 0. The van der Waals surface area contributed by atoms with E-state index in [9.17, 15) is 0 Å². The predicted octanol–water partition coefficient (Wildman–Crippen LogP) is 3.81. The molecule has 112 valence electrons. The lowest BCUT2D eigenvalue weighted by atomic mass is 9.94. The molecule has 0 saturated carbocycles. The molecule has 3 heteroatoms. The number of hydrogen-bond donors (Lipinski definition) is 1. The third-order valence-corrected chi connectivity index (χ3v) is 4.33. The van der Waals surface area contributed by atoms with Gasteiger partial charge in [0.1, 0.15) is 0 Å². The van der Waals surface area contributed by atoms with E-state index in [1.165, 1.54) is 22.6 Å². The average Bonchev–Trinajstić information content (AvgIpc) is 2.83. The van der Waals surface area contributed by atoms with Crippen LogP contribution < -0.4 is 5.32 Å². The molecule has 21 heavy (non-hydrogen) atoms. The molecule has 3 nitrogen and oxygen atoms in total. The number of benzene rings is 1. The third kappa shape index (κ3) is 2.75. The van der Waals surface area contributed by atoms with E-state index in [0.717, 1.165) is 13.1 Å². The molecular weight excluding hydrogens is 258 g/mol. The highest BCUT2D eigenvalue weighted by Crippen LogP contribution is 2.26. The lowest BCUT2D eigenvalue weighted by Crippen LogP contribution is -2.39. The topological polar surface area (TPSA) is 29.9 Å². The zero-order valence-corrected chi connectivity index (χ0v) is 13.4. The summed E-state index contributed by atoms with van der Waals surface area (Å²) in [5.41, 5.74) is 5.06. The third-order valence-electron chi connectivity index (χ3n) is 4.33. The van der Waals surface area contributed by atoms with E-state index in [0.29, 0.717) is 17.8 Å². The molecule has 1 fully saturated rings. The first-order valence-electron chi connectivity index (χ1n) is 7.97. The van der Waals surface area contributed by atoms with Crippen LogP contribution in [0, 0.1) is 0 Å². The molecule has 1 aliphatic heterocycles. The Labute approximate surface area is 127 Å². The molecule has 1 aromatic heterocycles. The van der Waals surface area contributed by atoms with Crippen LogP contribution in [-0.2, 0) is 0 Å². The standard InChI is InChI=1S/C18H25N3/c1-12(2)17-9-18(13(3)4)21(20-17)16-7-5-14(6-8-16)15-10-19-11-15/h5-9,12-13,15,19H,10-11H2,1-4H3. The Bertz CT molecular complexity index is 604. The second-order valence-electron chi connectivity index (χ2n) is 6.66. The Balaban J connectivity index is 1.94. The minimum Gasteiger partial charge on any atom is -0.315 e. The van der Waals surface area contributed by atoms with Crippen LogP contribution in [0.15, 0.2) is 30.3 Å². The first kappa shape index (κ1) is 14.3. The van der Waals surface area contributed by atoms with Crippen molar-refractivity contribution in [1.82, 2.24) is 15.1 Å². The number of rotatable bonds is 4. The summed E-state index contributed by atoms with van der Waals surface area (Å²) in [7, 11) is 0. The van der Waals surface area contributed by atoms with Gasteiger partial charge in [0.05, 0.1) is 11.4 Å². The maximum atomic E-state index is 4.81. The van der Waals surface area contributed by atoms with Gasteiger partial charge in [-0.15, -0.1) is 0 Å². The van der Waals surface area contributed by atoms with Gasteiger partial charge < -0.3 is 5.32 Å². The lowest BCUT2D eigenvalue weighted by Gasteiger charge is -2.27. The van der Waals surface area contributed by atoms with Crippen molar-refractivity contribution in [3.05, 3.63) is 47.3 Å². The van der Waals surface area contributed by atoms with Crippen LogP contribution in [0.5, 0.6) is 0 Å². The van der Waals surface area contributed by atoms with E-state index in [-0.39, 0.29) is 0 Å². The van der Waals surface area contributed by atoms with Crippen LogP contribution in [0.25, 0.3) is 5.69 Å². The number of nitrogens with zero attached hydrogens (tertiary/aromatic N) is 2. The van der Waals surface area contributed by atoms with E-state index in [2.05, 4.69) is 68.0 Å². The van der Waals surface area contributed by atoms with Crippen LogP contribution >= 0.6 is 0 Å². The van der Waals surface area contributed by atoms with Crippen molar-refractivity contribution >= 4 is 0 Å². The van der Waals surface area contributed by atoms with Crippen molar-refractivity contribution in [1.29, 1.82) is 0 Å². The van der Waals surface area contributed by atoms with Gasteiger partial charge in [0.2, 0.25) is 0 Å². The molecule has 1 aromatic carbocycles. The largest absolute Gasteiger partial charge is 0.315 e. The van der Waals surface area contributed by atoms with Gasteiger partial charge in [-0.25, -0.2) is 4.68 Å². The normalized spacial score (nSPS) is 15.7. The maximum absolute atomic E-state index is 4.81. The van der Waals surface area contributed by atoms with Gasteiger partial charge in [-0.05, 0) is 35.6 Å². The van der Waals surface area contributed by atoms with Gasteiger partial charge in [-0.2, -0.15) is 5.10 Å². The van der Waals surface area contributed by atoms with Gasteiger partial charge in [-0.1, -0.05) is 39.8 Å². The Morgan fingerprint density at radius 2 is 1.71 bits per heavy atom. The van der Waals surface area contributed by atoms with Crippen molar-refractivity contribution in [2.24, 2.45) is 0 Å². The molecule has 0 spiro atoms. The first-order valence-corrected chi connectivity index (χ1v) is 7.97. The highest BCUT2D eigenvalue weighted by atomic mass is 15.3. The maximum Gasteiger partial charge on any atom is 0.0657 e. The zero-order chi connectivity index (χ0) is 15.0. The van der Waals surface area contributed by atoms with E-state index >= 15 is 0 Å². The van der Waals surface area contributed by atoms with Gasteiger partial charge in [0, 0.05) is 24.7 Å². The van der Waals surface area contributed by atoms with Gasteiger partial charge in [0.25, 0.3) is 0 Å². The molecule has 0 bridgehead atoms. The predicted molar refractivity (Wildman–Crippen MR) is 87.4 cm³/mol. The second kappa shape index (κ2) is 5.64. The van der Waals surface area contributed by atoms with Crippen molar-refractivity contribution in [2.45, 2.75) is 45.4 Å². The highest BCUT2D eigenvalue weighted by molar-refractivity contribution is 5.38. The molecule has 0 aliphatic carbocycles.